The maximum Gasteiger partial charge on any atom is 0.257 e. The Hall–Kier alpha value is -2.80. The summed E-state index contributed by atoms with van der Waals surface area (Å²) in [7, 11) is 0. The quantitative estimate of drug-likeness (QED) is 0.412. The second kappa shape index (κ2) is 8.06. The van der Waals surface area contributed by atoms with E-state index >= 15 is 0 Å². The first kappa shape index (κ1) is 18.6. The Morgan fingerprint density at radius 2 is 1.82 bits per heavy atom. The number of hydrogen-bond donors (Lipinski definition) is 2. The molecular weight excluding hydrogens is 410 g/mol. The second-order valence-electron chi connectivity index (χ2n) is 5.99. The fourth-order valence-corrected chi connectivity index (χ4v) is 4.06. The van der Waals surface area contributed by atoms with Gasteiger partial charge in [0.1, 0.15) is 5.01 Å². The lowest BCUT2D eigenvalue weighted by molar-refractivity contribution is 0.0977. The van der Waals surface area contributed by atoms with Crippen molar-refractivity contribution in [2.24, 2.45) is 0 Å². The molecular formula is C21H14ClN3OS2. The van der Waals surface area contributed by atoms with Crippen molar-refractivity contribution in [1.82, 2.24) is 10.3 Å². The van der Waals surface area contributed by atoms with Crippen LogP contribution in [0.5, 0.6) is 0 Å². The summed E-state index contributed by atoms with van der Waals surface area (Å²) in [6, 6.07) is 22.5. The zero-order chi connectivity index (χ0) is 19.5. The average molecular weight is 424 g/mol. The Morgan fingerprint density at radius 1 is 1.00 bits per heavy atom. The van der Waals surface area contributed by atoms with E-state index in [0.29, 0.717) is 10.6 Å². The molecule has 2 N–H and O–H groups in total. The van der Waals surface area contributed by atoms with Gasteiger partial charge in [-0.3, -0.25) is 10.1 Å². The standard InChI is InChI=1S/C21H14ClN3OS2/c22-15-7-3-5-13(11-15)19(26)25-21(27)23-16-8-4-6-14(12-16)20-24-17-9-1-2-10-18(17)28-20/h1-12H,(H2,23,25,26,27). The summed E-state index contributed by atoms with van der Waals surface area (Å²) in [5.41, 5.74) is 3.17. The number of amides is 1. The van der Waals surface area contributed by atoms with Crippen LogP contribution < -0.4 is 10.6 Å². The first-order valence-electron chi connectivity index (χ1n) is 8.42. The fourth-order valence-electron chi connectivity index (χ4n) is 2.69. The SMILES string of the molecule is O=C(NC(=S)Nc1cccc(-c2nc3ccccc3s2)c1)c1cccc(Cl)c1. The Labute approximate surface area is 176 Å². The van der Waals surface area contributed by atoms with Crippen LogP contribution in [0, 0.1) is 0 Å². The minimum Gasteiger partial charge on any atom is -0.332 e. The molecule has 4 rings (SSSR count). The first-order chi connectivity index (χ1) is 13.6. The number of thiazole rings is 1. The number of aromatic nitrogens is 1. The molecule has 0 bridgehead atoms. The Balaban J connectivity index is 1.48. The zero-order valence-corrected chi connectivity index (χ0v) is 16.9. The van der Waals surface area contributed by atoms with E-state index in [1.165, 1.54) is 0 Å². The molecule has 7 heteroatoms. The zero-order valence-electron chi connectivity index (χ0n) is 14.5. The topological polar surface area (TPSA) is 54.0 Å². The Kier molecular flexibility index (Phi) is 5.34. The van der Waals surface area contributed by atoms with Crippen molar-refractivity contribution >= 4 is 62.1 Å². The number of nitrogens with zero attached hydrogens (tertiary/aromatic N) is 1. The van der Waals surface area contributed by atoms with E-state index < -0.39 is 0 Å². The van der Waals surface area contributed by atoms with E-state index in [9.17, 15) is 4.79 Å². The normalized spacial score (nSPS) is 10.6. The highest BCUT2D eigenvalue weighted by Crippen LogP contribution is 2.31. The maximum absolute atomic E-state index is 12.3. The fraction of sp³-hybridized carbons (Fsp3) is 0. The summed E-state index contributed by atoms with van der Waals surface area (Å²) in [6.07, 6.45) is 0. The van der Waals surface area contributed by atoms with Crippen molar-refractivity contribution in [3.05, 3.63) is 83.4 Å². The Bertz CT molecular complexity index is 1160. The van der Waals surface area contributed by atoms with Crippen molar-refractivity contribution in [3.8, 4) is 10.6 Å². The van der Waals surface area contributed by atoms with Crippen molar-refractivity contribution in [2.75, 3.05) is 5.32 Å². The lowest BCUT2D eigenvalue weighted by atomic mass is 10.2. The number of thiocarbonyl (C=S) groups is 1. The molecule has 0 spiro atoms. The van der Waals surface area contributed by atoms with Gasteiger partial charge in [0.05, 0.1) is 10.2 Å². The minimum absolute atomic E-state index is 0.214. The Morgan fingerprint density at radius 3 is 2.64 bits per heavy atom. The van der Waals surface area contributed by atoms with E-state index in [2.05, 4.69) is 21.7 Å². The summed E-state index contributed by atoms with van der Waals surface area (Å²) in [5, 5.41) is 7.35. The molecule has 1 amide bonds. The number of halogens is 1. The third-order valence-electron chi connectivity index (χ3n) is 3.98. The van der Waals surface area contributed by atoms with Gasteiger partial charge in [-0.05, 0) is 54.7 Å². The van der Waals surface area contributed by atoms with Crippen LogP contribution in [0.25, 0.3) is 20.8 Å². The molecule has 0 unspecified atom stereocenters. The van der Waals surface area contributed by atoms with E-state index in [1.54, 1.807) is 35.6 Å². The molecule has 138 valence electrons. The van der Waals surface area contributed by atoms with Crippen molar-refractivity contribution < 1.29 is 4.79 Å². The van der Waals surface area contributed by atoms with Gasteiger partial charge in [0, 0.05) is 21.8 Å². The van der Waals surface area contributed by atoms with Gasteiger partial charge in [0.2, 0.25) is 0 Å². The predicted molar refractivity (Wildman–Crippen MR) is 120 cm³/mol. The molecule has 4 nitrogen and oxygen atoms in total. The molecule has 4 aromatic rings. The second-order valence-corrected chi connectivity index (χ2v) is 7.86. The van der Waals surface area contributed by atoms with E-state index in [4.69, 9.17) is 23.8 Å². The lowest BCUT2D eigenvalue weighted by Gasteiger charge is -2.10. The van der Waals surface area contributed by atoms with Crippen LogP contribution in [0.2, 0.25) is 5.02 Å². The van der Waals surface area contributed by atoms with E-state index in [-0.39, 0.29) is 11.0 Å². The smallest absolute Gasteiger partial charge is 0.257 e. The van der Waals surface area contributed by atoms with Crippen LogP contribution in [0.4, 0.5) is 5.69 Å². The minimum atomic E-state index is -0.317. The number of rotatable bonds is 3. The van der Waals surface area contributed by atoms with Gasteiger partial charge in [0.15, 0.2) is 5.11 Å². The van der Waals surface area contributed by atoms with Crippen LogP contribution in [0.1, 0.15) is 10.4 Å². The summed E-state index contributed by atoms with van der Waals surface area (Å²) < 4.78 is 1.14. The average Bonchev–Trinajstić information content (AvgIpc) is 3.12. The third-order valence-corrected chi connectivity index (χ3v) is 5.50. The van der Waals surface area contributed by atoms with Crippen molar-refractivity contribution in [1.29, 1.82) is 0 Å². The van der Waals surface area contributed by atoms with Crippen LogP contribution in [-0.2, 0) is 0 Å². The van der Waals surface area contributed by atoms with Gasteiger partial charge in [-0.2, -0.15) is 0 Å². The number of anilines is 1. The highest BCUT2D eigenvalue weighted by atomic mass is 35.5. The van der Waals surface area contributed by atoms with Crippen molar-refractivity contribution in [3.63, 3.8) is 0 Å². The number of nitrogens with one attached hydrogen (secondary N) is 2. The number of carbonyl (C=O) groups is 1. The number of para-hydroxylation sites is 1. The third kappa shape index (κ3) is 4.20. The van der Waals surface area contributed by atoms with E-state index in [1.807, 2.05) is 42.5 Å². The van der Waals surface area contributed by atoms with Gasteiger partial charge in [-0.15, -0.1) is 11.3 Å². The predicted octanol–water partition coefficient (Wildman–Crippen LogP) is 5.74. The summed E-state index contributed by atoms with van der Waals surface area (Å²) in [6.45, 7) is 0. The monoisotopic (exact) mass is 423 g/mol. The molecule has 0 aliphatic carbocycles. The molecule has 0 aliphatic rings. The largest absolute Gasteiger partial charge is 0.332 e. The van der Waals surface area contributed by atoms with Gasteiger partial charge >= 0.3 is 0 Å². The van der Waals surface area contributed by atoms with Crippen LogP contribution in [-0.4, -0.2) is 16.0 Å². The summed E-state index contributed by atoms with van der Waals surface area (Å²) >= 11 is 12.8. The molecule has 0 saturated heterocycles. The molecule has 0 saturated carbocycles. The molecule has 28 heavy (non-hydrogen) atoms. The summed E-state index contributed by atoms with van der Waals surface area (Å²) in [5.74, 6) is -0.317. The molecule has 0 fully saturated rings. The summed E-state index contributed by atoms with van der Waals surface area (Å²) in [4.78, 5) is 17.0. The van der Waals surface area contributed by atoms with Gasteiger partial charge in [0.25, 0.3) is 5.91 Å². The van der Waals surface area contributed by atoms with Crippen LogP contribution in [0.15, 0.2) is 72.8 Å². The molecule has 0 radical (unpaired) electrons. The molecule has 0 atom stereocenters. The van der Waals surface area contributed by atoms with Crippen LogP contribution in [0.3, 0.4) is 0 Å². The van der Waals surface area contributed by atoms with Gasteiger partial charge in [-0.1, -0.05) is 41.9 Å². The highest BCUT2D eigenvalue weighted by molar-refractivity contribution is 7.80. The van der Waals surface area contributed by atoms with Gasteiger partial charge < -0.3 is 5.32 Å². The van der Waals surface area contributed by atoms with Gasteiger partial charge in [-0.25, -0.2) is 4.98 Å². The number of fused-ring (bicyclic) bond motifs is 1. The molecule has 0 aliphatic heterocycles. The van der Waals surface area contributed by atoms with Crippen LogP contribution >= 0.6 is 35.2 Å². The number of benzene rings is 3. The van der Waals surface area contributed by atoms with Crippen molar-refractivity contribution in [2.45, 2.75) is 0 Å². The highest BCUT2D eigenvalue weighted by Gasteiger charge is 2.10. The molecule has 1 aromatic heterocycles. The number of hydrogen-bond acceptors (Lipinski definition) is 4. The molecule has 1 heterocycles. The number of carbonyl (C=O) groups excluding carboxylic acids is 1. The maximum atomic E-state index is 12.3. The lowest BCUT2D eigenvalue weighted by Crippen LogP contribution is -2.34. The molecule has 3 aromatic carbocycles. The van der Waals surface area contributed by atoms with E-state index in [0.717, 1.165) is 26.5 Å². The first-order valence-corrected chi connectivity index (χ1v) is 10.0.